The van der Waals surface area contributed by atoms with Crippen LogP contribution in [0.2, 0.25) is 0 Å². The molecule has 4 rings (SSSR count). The van der Waals surface area contributed by atoms with Gasteiger partial charge in [0.15, 0.2) is 0 Å². The van der Waals surface area contributed by atoms with Gasteiger partial charge in [-0.15, -0.1) is 11.3 Å². The van der Waals surface area contributed by atoms with E-state index in [0.717, 1.165) is 34.4 Å². The van der Waals surface area contributed by atoms with Crippen molar-refractivity contribution in [3.8, 4) is 0 Å². The third kappa shape index (κ3) is 3.18. The Morgan fingerprint density at radius 1 is 1.37 bits per heavy atom. The van der Waals surface area contributed by atoms with Gasteiger partial charge in [0.25, 0.3) is 5.91 Å². The van der Waals surface area contributed by atoms with E-state index in [-0.39, 0.29) is 25.0 Å². The third-order valence-corrected chi connectivity index (χ3v) is 6.49. The van der Waals surface area contributed by atoms with Crippen molar-refractivity contribution in [2.24, 2.45) is 5.92 Å². The number of carbonyl (C=O) groups is 3. The SMILES string of the molecule is C[C@H]1CCCC[C@]12NC(=O)N(CC(=O)OCc1nc3ccccc3s1)C2=O. The van der Waals surface area contributed by atoms with E-state index in [2.05, 4.69) is 10.3 Å². The van der Waals surface area contributed by atoms with Crippen molar-refractivity contribution in [1.82, 2.24) is 15.2 Å². The number of para-hydroxylation sites is 1. The van der Waals surface area contributed by atoms with Gasteiger partial charge in [0, 0.05) is 0 Å². The van der Waals surface area contributed by atoms with E-state index >= 15 is 0 Å². The number of fused-ring (bicyclic) bond motifs is 1. The highest BCUT2D eigenvalue weighted by atomic mass is 32.1. The van der Waals surface area contributed by atoms with Crippen LogP contribution in [0.1, 0.15) is 37.6 Å². The monoisotopic (exact) mass is 387 g/mol. The third-order valence-electron chi connectivity index (χ3n) is 5.48. The number of aromatic nitrogens is 1. The maximum Gasteiger partial charge on any atom is 0.326 e. The molecule has 27 heavy (non-hydrogen) atoms. The first-order valence-electron chi connectivity index (χ1n) is 9.14. The highest BCUT2D eigenvalue weighted by molar-refractivity contribution is 7.18. The number of benzene rings is 1. The summed E-state index contributed by atoms with van der Waals surface area (Å²) in [5.74, 6) is -0.860. The lowest BCUT2D eigenvalue weighted by Crippen LogP contribution is -2.54. The van der Waals surface area contributed by atoms with Crippen molar-refractivity contribution in [2.45, 2.75) is 44.8 Å². The summed E-state index contributed by atoms with van der Waals surface area (Å²) in [6.07, 6.45) is 3.46. The molecule has 3 amide bonds. The van der Waals surface area contributed by atoms with Gasteiger partial charge in [0.1, 0.15) is 23.7 Å². The largest absolute Gasteiger partial charge is 0.457 e. The highest BCUT2D eigenvalue weighted by Gasteiger charge is 2.55. The molecule has 1 aromatic carbocycles. The zero-order chi connectivity index (χ0) is 19.0. The normalized spacial score (nSPS) is 25.2. The molecule has 2 atom stereocenters. The molecule has 2 fully saturated rings. The van der Waals surface area contributed by atoms with Crippen molar-refractivity contribution >= 4 is 39.5 Å². The van der Waals surface area contributed by atoms with Gasteiger partial charge in [0.05, 0.1) is 10.2 Å². The minimum absolute atomic E-state index is 0.0311. The second-order valence-electron chi connectivity index (χ2n) is 7.18. The van der Waals surface area contributed by atoms with E-state index in [4.69, 9.17) is 4.74 Å². The minimum Gasteiger partial charge on any atom is -0.457 e. The first-order valence-corrected chi connectivity index (χ1v) is 9.95. The summed E-state index contributed by atoms with van der Waals surface area (Å²) in [6, 6.07) is 7.17. The van der Waals surface area contributed by atoms with Crippen molar-refractivity contribution in [2.75, 3.05) is 6.54 Å². The summed E-state index contributed by atoms with van der Waals surface area (Å²) in [6.45, 7) is 1.64. The van der Waals surface area contributed by atoms with Crippen LogP contribution in [0.25, 0.3) is 10.2 Å². The molecule has 2 aliphatic rings. The van der Waals surface area contributed by atoms with Gasteiger partial charge in [-0.2, -0.15) is 0 Å². The standard InChI is InChI=1S/C19H21N3O4S/c1-12-6-4-5-9-19(12)17(24)22(18(25)21-19)10-16(23)26-11-15-20-13-7-2-3-8-14(13)27-15/h2-3,7-8,12H,4-6,9-11H2,1H3,(H,21,25)/t12-,19-/m0/s1. The van der Waals surface area contributed by atoms with Crippen LogP contribution in [0.5, 0.6) is 0 Å². The molecular weight excluding hydrogens is 366 g/mol. The molecule has 1 spiro atoms. The topological polar surface area (TPSA) is 88.6 Å². The average Bonchev–Trinajstić information content (AvgIpc) is 3.17. The smallest absolute Gasteiger partial charge is 0.326 e. The predicted octanol–water partition coefficient (Wildman–Crippen LogP) is 2.84. The van der Waals surface area contributed by atoms with E-state index in [0.29, 0.717) is 11.4 Å². The molecule has 0 bridgehead atoms. The number of hydrogen-bond donors (Lipinski definition) is 1. The number of rotatable bonds is 4. The molecule has 1 saturated carbocycles. The van der Waals surface area contributed by atoms with Gasteiger partial charge in [0.2, 0.25) is 0 Å². The Morgan fingerprint density at radius 2 is 2.19 bits per heavy atom. The number of thiazole rings is 1. The Labute approximate surface area is 160 Å². The summed E-state index contributed by atoms with van der Waals surface area (Å²) >= 11 is 1.45. The van der Waals surface area contributed by atoms with Crippen molar-refractivity contribution in [1.29, 1.82) is 0 Å². The Balaban J connectivity index is 1.39. The first-order chi connectivity index (χ1) is 13.0. The molecule has 0 unspecified atom stereocenters. The van der Waals surface area contributed by atoms with Crippen molar-refractivity contribution in [3.05, 3.63) is 29.3 Å². The summed E-state index contributed by atoms with van der Waals surface area (Å²) in [4.78, 5) is 42.8. The second kappa shape index (κ2) is 6.92. The Hall–Kier alpha value is -2.48. The van der Waals surface area contributed by atoms with Gasteiger partial charge in [-0.3, -0.25) is 14.5 Å². The number of imide groups is 1. The molecule has 1 aliphatic heterocycles. The van der Waals surface area contributed by atoms with Crippen LogP contribution >= 0.6 is 11.3 Å². The number of hydrogen-bond acceptors (Lipinski definition) is 6. The van der Waals surface area contributed by atoms with Crippen LogP contribution in [0.15, 0.2) is 24.3 Å². The number of amides is 3. The predicted molar refractivity (Wildman–Crippen MR) is 100 cm³/mol. The van der Waals surface area contributed by atoms with Crippen LogP contribution < -0.4 is 5.32 Å². The first kappa shape index (κ1) is 17.9. The fourth-order valence-electron chi connectivity index (χ4n) is 3.94. The lowest BCUT2D eigenvalue weighted by Gasteiger charge is -2.36. The molecule has 7 nitrogen and oxygen atoms in total. The summed E-state index contributed by atoms with van der Waals surface area (Å²) in [5, 5.41) is 3.51. The van der Waals surface area contributed by atoms with E-state index in [1.165, 1.54) is 11.3 Å². The van der Waals surface area contributed by atoms with E-state index in [1.54, 1.807) is 0 Å². The lowest BCUT2D eigenvalue weighted by atomic mass is 9.73. The minimum atomic E-state index is -0.858. The maximum atomic E-state index is 12.9. The quantitative estimate of drug-likeness (QED) is 0.644. The number of carbonyl (C=O) groups excluding carboxylic acids is 3. The van der Waals surface area contributed by atoms with E-state index < -0.39 is 17.5 Å². The van der Waals surface area contributed by atoms with Crippen LogP contribution in [0.4, 0.5) is 4.79 Å². The van der Waals surface area contributed by atoms with Crippen molar-refractivity contribution < 1.29 is 19.1 Å². The van der Waals surface area contributed by atoms with Crippen molar-refractivity contribution in [3.63, 3.8) is 0 Å². The van der Waals surface area contributed by atoms with Crippen LogP contribution in [-0.2, 0) is 20.9 Å². The highest BCUT2D eigenvalue weighted by Crippen LogP contribution is 2.38. The van der Waals surface area contributed by atoms with Gasteiger partial charge in [-0.05, 0) is 30.9 Å². The van der Waals surface area contributed by atoms with Crippen LogP contribution in [0.3, 0.4) is 0 Å². The van der Waals surface area contributed by atoms with Crippen LogP contribution in [-0.4, -0.2) is 39.9 Å². The Morgan fingerprint density at radius 3 is 2.96 bits per heavy atom. The van der Waals surface area contributed by atoms with Gasteiger partial charge >= 0.3 is 12.0 Å². The second-order valence-corrected chi connectivity index (χ2v) is 8.29. The zero-order valence-electron chi connectivity index (χ0n) is 15.1. The van der Waals surface area contributed by atoms with Gasteiger partial charge in [-0.25, -0.2) is 9.78 Å². The number of nitrogens with zero attached hydrogens (tertiary/aromatic N) is 2. The summed E-state index contributed by atoms with van der Waals surface area (Å²) < 4.78 is 6.27. The fourth-order valence-corrected chi connectivity index (χ4v) is 4.82. The Kier molecular flexibility index (Phi) is 4.59. The molecule has 142 valence electrons. The molecule has 1 saturated heterocycles. The number of urea groups is 1. The zero-order valence-corrected chi connectivity index (χ0v) is 15.9. The van der Waals surface area contributed by atoms with Gasteiger partial charge < -0.3 is 10.1 Å². The number of nitrogens with one attached hydrogen (secondary N) is 1. The molecular formula is C19H21N3O4S. The molecule has 1 aromatic heterocycles. The number of ether oxygens (including phenoxy) is 1. The fraction of sp³-hybridized carbons (Fsp3) is 0.474. The summed E-state index contributed by atoms with van der Waals surface area (Å²) in [5.41, 5.74) is -0.00120. The van der Waals surface area contributed by atoms with Crippen LogP contribution in [0, 0.1) is 5.92 Å². The average molecular weight is 387 g/mol. The van der Waals surface area contributed by atoms with E-state index in [1.807, 2.05) is 31.2 Å². The maximum absolute atomic E-state index is 12.9. The molecule has 1 aliphatic carbocycles. The molecule has 0 radical (unpaired) electrons. The molecule has 2 aromatic rings. The number of esters is 1. The molecule has 8 heteroatoms. The molecule has 1 N–H and O–H groups in total. The molecule has 2 heterocycles. The van der Waals surface area contributed by atoms with Gasteiger partial charge in [-0.1, -0.05) is 31.9 Å². The summed E-state index contributed by atoms with van der Waals surface area (Å²) in [7, 11) is 0. The Bertz CT molecular complexity index is 878. The van der Waals surface area contributed by atoms with E-state index in [9.17, 15) is 14.4 Å². The lowest BCUT2D eigenvalue weighted by molar-refractivity contribution is -0.149.